The largest absolute Gasteiger partial charge is 0.380 e. The van der Waals surface area contributed by atoms with E-state index in [4.69, 9.17) is 10.5 Å². The summed E-state index contributed by atoms with van der Waals surface area (Å²) in [6, 6.07) is 9.24. The van der Waals surface area contributed by atoms with Gasteiger partial charge in [-0.25, -0.2) is 4.39 Å². The van der Waals surface area contributed by atoms with Gasteiger partial charge in [0.15, 0.2) is 0 Å². The molecule has 3 N–H and O–H groups in total. The number of amides is 2. The summed E-state index contributed by atoms with van der Waals surface area (Å²) in [5, 5.41) is 2.60. The highest BCUT2D eigenvalue weighted by Crippen LogP contribution is 2.21. The monoisotopic (exact) mass is 316 g/mol. The summed E-state index contributed by atoms with van der Waals surface area (Å²) in [4.78, 5) is 23.4. The molecule has 6 heteroatoms. The summed E-state index contributed by atoms with van der Waals surface area (Å²) in [5.41, 5.74) is 6.95. The molecule has 2 aromatic rings. The fraction of sp³-hybridized carbons (Fsp3) is 0.176. The third-order valence-corrected chi connectivity index (χ3v) is 3.40. The van der Waals surface area contributed by atoms with E-state index in [-0.39, 0.29) is 16.8 Å². The fourth-order valence-electron chi connectivity index (χ4n) is 2.06. The maximum absolute atomic E-state index is 13.8. The molecule has 0 aromatic heterocycles. The molecule has 0 fully saturated rings. The normalized spacial score (nSPS) is 10.4. The van der Waals surface area contributed by atoms with Gasteiger partial charge in [-0.05, 0) is 36.8 Å². The molecule has 0 saturated heterocycles. The van der Waals surface area contributed by atoms with Crippen molar-refractivity contribution in [1.82, 2.24) is 0 Å². The lowest BCUT2D eigenvalue weighted by molar-refractivity contribution is 0.0995. The summed E-state index contributed by atoms with van der Waals surface area (Å²) in [7, 11) is 1.59. The standard InChI is InChI=1S/C17H17FN2O3/c1-10-14(18)7-13(16(19)21)8-15(10)20-17(22)12-5-3-11(4-6-12)9-23-2/h3-8H,9H2,1-2H3,(H2,19,21)(H,20,22). The molecule has 0 unspecified atom stereocenters. The highest BCUT2D eigenvalue weighted by Gasteiger charge is 2.13. The van der Waals surface area contributed by atoms with Crippen molar-refractivity contribution < 1.29 is 18.7 Å². The Bertz CT molecular complexity index is 742. The number of primary amides is 1. The van der Waals surface area contributed by atoms with Gasteiger partial charge in [0.05, 0.1) is 6.61 Å². The molecular formula is C17H17FN2O3. The van der Waals surface area contributed by atoms with Crippen LogP contribution in [0.5, 0.6) is 0 Å². The van der Waals surface area contributed by atoms with E-state index in [9.17, 15) is 14.0 Å². The Kier molecular flexibility index (Phi) is 5.08. The number of hydrogen-bond donors (Lipinski definition) is 2. The number of ether oxygens (including phenoxy) is 1. The zero-order chi connectivity index (χ0) is 17.0. The van der Waals surface area contributed by atoms with Gasteiger partial charge < -0.3 is 15.8 Å². The van der Waals surface area contributed by atoms with Crippen LogP contribution in [0.3, 0.4) is 0 Å². The molecule has 0 spiro atoms. The number of methoxy groups -OCH3 is 1. The van der Waals surface area contributed by atoms with Crippen LogP contribution in [0, 0.1) is 12.7 Å². The molecule has 23 heavy (non-hydrogen) atoms. The minimum atomic E-state index is -0.761. The van der Waals surface area contributed by atoms with Crippen molar-refractivity contribution in [3.8, 4) is 0 Å². The second-order valence-electron chi connectivity index (χ2n) is 5.08. The average molecular weight is 316 g/mol. The molecule has 0 bridgehead atoms. The number of nitrogens with two attached hydrogens (primary N) is 1. The van der Waals surface area contributed by atoms with Crippen molar-refractivity contribution >= 4 is 17.5 Å². The lowest BCUT2D eigenvalue weighted by atomic mass is 10.1. The zero-order valence-electron chi connectivity index (χ0n) is 12.9. The number of carbonyl (C=O) groups is 2. The molecule has 120 valence electrons. The molecule has 2 amide bonds. The molecule has 5 nitrogen and oxygen atoms in total. The maximum atomic E-state index is 13.8. The number of benzene rings is 2. The molecular weight excluding hydrogens is 299 g/mol. The molecule has 0 heterocycles. The van der Waals surface area contributed by atoms with E-state index in [0.717, 1.165) is 11.6 Å². The van der Waals surface area contributed by atoms with Gasteiger partial charge in [-0.3, -0.25) is 9.59 Å². The van der Waals surface area contributed by atoms with Crippen LogP contribution in [0.25, 0.3) is 0 Å². The van der Waals surface area contributed by atoms with Gasteiger partial charge in [0, 0.05) is 29.5 Å². The van der Waals surface area contributed by atoms with Crippen molar-refractivity contribution in [2.45, 2.75) is 13.5 Å². The van der Waals surface area contributed by atoms with E-state index in [0.29, 0.717) is 12.2 Å². The topological polar surface area (TPSA) is 81.4 Å². The minimum absolute atomic E-state index is 0.00107. The SMILES string of the molecule is COCc1ccc(C(=O)Nc2cc(C(N)=O)cc(F)c2C)cc1. The smallest absolute Gasteiger partial charge is 0.255 e. The molecule has 2 aromatic carbocycles. The quantitative estimate of drug-likeness (QED) is 0.889. The van der Waals surface area contributed by atoms with Crippen LogP contribution in [0.4, 0.5) is 10.1 Å². The second-order valence-corrected chi connectivity index (χ2v) is 5.08. The van der Waals surface area contributed by atoms with Crippen LogP contribution < -0.4 is 11.1 Å². The number of carbonyl (C=O) groups excluding carboxylic acids is 2. The zero-order valence-corrected chi connectivity index (χ0v) is 12.9. The van der Waals surface area contributed by atoms with Crippen LogP contribution in [0.1, 0.15) is 31.8 Å². The van der Waals surface area contributed by atoms with Crippen LogP contribution in [0.2, 0.25) is 0 Å². The van der Waals surface area contributed by atoms with E-state index in [1.807, 2.05) is 0 Å². The van der Waals surface area contributed by atoms with Gasteiger partial charge >= 0.3 is 0 Å². The first-order valence-corrected chi connectivity index (χ1v) is 6.91. The van der Waals surface area contributed by atoms with Gasteiger partial charge in [-0.1, -0.05) is 12.1 Å². The van der Waals surface area contributed by atoms with E-state index in [1.165, 1.54) is 13.0 Å². The first-order valence-electron chi connectivity index (χ1n) is 6.91. The molecule has 0 aliphatic heterocycles. The number of rotatable bonds is 5. The molecule has 2 rings (SSSR count). The van der Waals surface area contributed by atoms with Crippen LogP contribution >= 0.6 is 0 Å². The number of nitrogens with one attached hydrogen (secondary N) is 1. The summed E-state index contributed by atoms with van der Waals surface area (Å²) in [6.45, 7) is 1.96. The molecule has 0 atom stereocenters. The fourth-order valence-corrected chi connectivity index (χ4v) is 2.06. The summed E-state index contributed by atoms with van der Waals surface area (Å²) < 4.78 is 18.8. The van der Waals surface area contributed by atoms with Gasteiger partial charge in [0.2, 0.25) is 5.91 Å². The molecule has 0 aliphatic rings. The molecule has 0 aliphatic carbocycles. The Morgan fingerprint density at radius 2 is 1.83 bits per heavy atom. The van der Waals surface area contributed by atoms with E-state index >= 15 is 0 Å². The van der Waals surface area contributed by atoms with E-state index < -0.39 is 17.6 Å². The van der Waals surface area contributed by atoms with Crippen molar-refractivity contribution in [3.05, 3.63) is 64.5 Å². The van der Waals surface area contributed by atoms with Gasteiger partial charge in [0.1, 0.15) is 5.82 Å². The number of hydrogen-bond acceptors (Lipinski definition) is 3. The van der Waals surface area contributed by atoms with E-state index in [2.05, 4.69) is 5.32 Å². The van der Waals surface area contributed by atoms with Gasteiger partial charge in [-0.15, -0.1) is 0 Å². The minimum Gasteiger partial charge on any atom is -0.380 e. The average Bonchev–Trinajstić information content (AvgIpc) is 2.52. The van der Waals surface area contributed by atoms with Gasteiger partial charge in [0.25, 0.3) is 5.91 Å². The first kappa shape index (κ1) is 16.6. The van der Waals surface area contributed by atoms with Crippen LogP contribution in [-0.4, -0.2) is 18.9 Å². The Hall–Kier alpha value is -2.73. The predicted molar refractivity (Wildman–Crippen MR) is 84.8 cm³/mol. The number of halogens is 1. The third-order valence-electron chi connectivity index (χ3n) is 3.40. The Morgan fingerprint density at radius 3 is 2.39 bits per heavy atom. The first-order chi connectivity index (χ1) is 10.9. The summed E-state index contributed by atoms with van der Waals surface area (Å²) in [5.74, 6) is -1.77. The lowest BCUT2D eigenvalue weighted by Gasteiger charge is -2.11. The van der Waals surface area contributed by atoms with E-state index in [1.54, 1.807) is 31.4 Å². The Labute approximate surface area is 133 Å². The summed E-state index contributed by atoms with van der Waals surface area (Å²) >= 11 is 0. The van der Waals surface area contributed by atoms with Crippen LogP contribution in [0.15, 0.2) is 36.4 Å². The Balaban J connectivity index is 2.24. The maximum Gasteiger partial charge on any atom is 0.255 e. The number of anilines is 1. The van der Waals surface area contributed by atoms with Crippen molar-refractivity contribution in [2.75, 3.05) is 12.4 Å². The van der Waals surface area contributed by atoms with Gasteiger partial charge in [-0.2, -0.15) is 0 Å². The third kappa shape index (κ3) is 3.92. The lowest BCUT2D eigenvalue weighted by Crippen LogP contribution is -2.16. The summed E-state index contributed by atoms with van der Waals surface area (Å²) in [6.07, 6.45) is 0. The highest BCUT2D eigenvalue weighted by atomic mass is 19.1. The van der Waals surface area contributed by atoms with Crippen molar-refractivity contribution in [3.63, 3.8) is 0 Å². The second kappa shape index (κ2) is 7.02. The van der Waals surface area contributed by atoms with Crippen LogP contribution in [-0.2, 0) is 11.3 Å². The molecule has 0 saturated carbocycles. The molecule has 0 radical (unpaired) electrons. The predicted octanol–water partition coefficient (Wildman–Crippen LogP) is 2.63. The highest BCUT2D eigenvalue weighted by molar-refractivity contribution is 6.05. The van der Waals surface area contributed by atoms with Crippen molar-refractivity contribution in [2.24, 2.45) is 5.73 Å². The Morgan fingerprint density at radius 1 is 1.17 bits per heavy atom. The van der Waals surface area contributed by atoms with Crippen molar-refractivity contribution in [1.29, 1.82) is 0 Å².